The summed E-state index contributed by atoms with van der Waals surface area (Å²) in [4.78, 5) is 26.8. The second-order valence-electron chi connectivity index (χ2n) is 4.86. The van der Waals surface area contributed by atoms with Crippen molar-refractivity contribution in [2.24, 2.45) is 0 Å². The van der Waals surface area contributed by atoms with E-state index in [1.165, 1.54) is 9.80 Å². The molecule has 1 aliphatic heterocycles. The molecule has 1 aromatic carbocycles. The molecule has 2 N–H and O–H groups in total. The minimum Gasteiger partial charge on any atom is -0.480 e. The molecule has 0 fully saturated rings. The number of benzene rings is 1. The Labute approximate surface area is 118 Å². The molecule has 1 aliphatic rings. The molecule has 0 saturated heterocycles. The van der Waals surface area contributed by atoms with Crippen molar-refractivity contribution in [1.82, 2.24) is 10.2 Å². The van der Waals surface area contributed by atoms with Crippen LogP contribution in [0.4, 0.5) is 10.5 Å². The Kier molecular flexibility index (Phi) is 4.24. The number of carbonyl (C=O) groups is 2. The van der Waals surface area contributed by atoms with Crippen molar-refractivity contribution in [3.63, 3.8) is 0 Å². The first-order valence-corrected chi connectivity index (χ1v) is 6.56. The van der Waals surface area contributed by atoms with Crippen molar-refractivity contribution in [3.05, 3.63) is 29.8 Å². The third-order valence-electron chi connectivity index (χ3n) is 3.49. The smallest absolute Gasteiger partial charge is 0.327 e. The van der Waals surface area contributed by atoms with Crippen LogP contribution in [0.2, 0.25) is 0 Å². The first kappa shape index (κ1) is 14.3. The van der Waals surface area contributed by atoms with Gasteiger partial charge in [-0.25, -0.2) is 9.59 Å². The summed E-state index contributed by atoms with van der Waals surface area (Å²) in [5.41, 5.74) is 1.59. The van der Waals surface area contributed by atoms with Gasteiger partial charge in [-0.3, -0.25) is 4.90 Å². The summed E-state index contributed by atoms with van der Waals surface area (Å²) in [6.07, 6.45) is 0.358. The van der Waals surface area contributed by atoms with Gasteiger partial charge in [0.15, 0.2) is 0 Å². The summed E-state index contributed by atoms with van der Waals surface area (Å²) >= 11 is 0. The van der Waals surface area contributed by atoms with Crippen LogP contribution in [0, 0.1) is 0 Å². The van der Waals surface area contributed by atoms with Gasteiger partial charge in [-0.1, -0.05) is 18.2 Å². The second-order valence-corrected chi connectivity index (χ2v) is 4.86. The summed E-state index contributed by atoms with van der Waals surface area (Å²) in [6.45, 7) is 1.19. The second kappa shape index (κ2) is 5.92. The van der Waals surface area contributed by atoms with Crippen LogP contribution in [0.3, 0.4) is 0 Å². The molecule has 2 amide bonds. The topological polar surface area (TPSA) is 72.9 Å². The average Bonchev–Trinajstić information content (AvgIpc) is 2.83. The van der Waals surface area contributed by atoms with Gasteiger partial charge in [0.1, 0.15) is 6.04 Å². The first-order chi connectivity index (χ1) is 9.56. The molecule has 0 saturated carbocycles. The Morgan fingerprint density at radius 3 is 2.80 bits per heavy atom. The number of carboxylic acid groups (broad SMARTS) is 1. The molecule has 108 valence electrons. The minimum absolute atomic E-state index is 0.280. The fourth-order valence-corrected chi connectivity index (χ4v) is 2.38. The van der Waals surface area contributed by atoms with E-state index in [9.17, 15) is 14.7 Å². The van der Waals surface area contributed by atoms with Crippen LogP contribution in [-0.2, 0) is 11.2 Å². The van der Waals surface area contributed by atoms with E-state index in [4.69, 9.17) is 0 Å². The van der Waals surface area contributed by atoms with Crippen molar-refractivity contribution in [2.75, 3.05) is 32.1 Å². The molecule has 0 aromatic heterocycles. The van der Waals surface area contributed by atoms with E-state index in [1.54, 1.807) is 13.1 Å². The van der Waals surface area contributed by atoms with Gasteiger partial charge in [-0.2, -0.15) is 0 Å². The van der Waals surface area contributed by atoms with Gasteiger partial charge in [0.25, 0.3) is 0 Å². The molecule has 1 aromatic rings. The van der Waals surface area contributed by atoms with Gasteiger partial charge in [-0.15, -0.1) is 0 Å². The lowest BCUT2D eigenvalue weighted by Crippen LogP contribution is -2.49. The molecule has 0 bridgehead atoms. The molecule has 0 aliphatic carbocycles. The SMILES string of the molecule is CNCCN(C)C(=O)N1c2ccccc2CC1C(=O)O. The Morgan fingerprint density at radius 2 is 2.15 bits per heavy atom. The summed E-state index contributed by atoms with van der Waals surface area (Å²) in [5, 5.41) is 12.3. The molecular formula is C14H19N3O3. The van der Waals surface area contributed by atoms with Gasteiger partial charge < -0.3 is 15.3 Å². The van der Waals surface area contributed by atoms with E-state index >= 15 is 0 Å². The van der Waals surface area contributed by atoms with Gasteiger partial charge in [0.2, 0.25) is 0 Å². The van der Waals surface area contributed by atoms with Crippen LogP contribution in [0.1, 0.15) is 5.56 Å². The maximum Gasteiger partial charge on any atom is 0.327 e. The number of amides is 2. The third-order valence-corrected chi connectivity index (χ3v) is 3.49. The number of rotatable bonds is 4. The number of fused-ring (bicyclic) bond motifs is 1. The quantitative estimate of drug-likeness (QED) is 0.853. The van der Waals surface area contributed by atoms with E-state index in [0.717, 1.165) is 5.56 Å². The predicted molar refractivity (Wildman–Crippen MR) is 76.0 cm³/mol. The zero-order chi connectivity index (χ0) is 14.7. The average molecular weight is 277 g/mol. The molecule has 6 heteroatoms. The van der Waals surface area contributed by atoms with Crippen molar-refractivity contribution < 1.29 is 14.7 Å². The van der Waals surface area contributed by atoms with E-state index < -0.39 is 12.0 Å². The van der Waals surface area contributed by atoms with Crippen LogP contribution >= 0.6 is 0 Å². The van der Waals surface area contributed by atoms with Crippen molar-refractivity contribution in [2.45, 2.75) is 12.5 Å². The number of nitrogens with one attached hydrogen (secondary N) is 1. The standard InChI is InChI=1S/C14H19N3O3/c1-15-7-8-16(2)14(20)17-11-6-4-3-5-10(11)9-12(17)13(18)19/h3-6,12,15H,7-9H2,1-2H3,(H,18,19). The Bertz CT molecular complexity index is 518. The normalized spacial score (nSPS) is 16.9. The number of urea groups is 1. The highest BCUT2D eigenvalue weighted by Crippen LogP contribution is 2.32. The summed E-state index contributed by atoms with van der Waals surface area (Å²) in [5.74, 6) is -0.975. The van der Waals surface area contributed by atoms with Crippen LogP contribution in [0.25, 0.3) is 0 Å². The van der Waals surface area contributed by atoms with Crippen LogP contribution < -0.4 is 10.2 Å². The van der Waals surface area contributed by atoms with Crippen LogP contribution in [-0.4, -0.2) is 55.2 Å². The largest absolute Gasteiger partial charge is 0.480 e. The van der Waals surface area contributed by atoms with Crippen molar-refractivity contribution in [1.29, 1.82) is 0 Å². The number of carboxylic acids is 1. The maximum atomic E-state index is 12.5. The lowest BCUT2D eigenvalue weighted by Gasteiger charge is -2.28. The number of anilines is 1. The zero-order valence-electron chi connectivity index (χ0n) is 11.7. The number of nitrogens with zero attached hydrogens (tertiary/aromatic N) is 2. The molecule has 6 nitrogen and oxygen atoms in total. The number of carbonyl (C=O) groups excluding carboxylic acids is 1. The highest BCUT2D eigenvalue weighted by molar-refractivity contribution is 6.00. The van der Waals surface area contributed by atoms with Gasteiger partial charge in [-0.05, 0) is 18.7 Å². The molecule has 0 radical (unpaired) electrons. The fourth-order valence-electron chi connectivity index (χ4n) is 2.38. The number of likely N-dealkylation sites (N-methyl/N-ethyl adjacent to an activating group) is 2. The molecule has 20 heavy (non-hydrogen) atoms. The zero-order valence-corrected chi connectivity index (χ0v) is 11.7. The molecule has 1 unspecified atom stereocenters. The first-order valence-electron chi connectivity index (χ1n) is 6.56. The Balaban J connectivity index is 2.26. The number of para-hydroxylation sites is 1. The lowest BCUT2D eigenvalue weighted by atomic mass is 10.1. The maximum absolute atomic E-state index is 12.5. The predicted octanol–water partition coefficient (Wildman–Crippen LogP) is 0.773. The van der Waals surface area contributed by atoms with E-state index in [1.807, 2.05) is 25.2 Å². The van der Waals surface area contributed by atoms with Crippen LogP contribution in [0.15, 0.2) is 24.3 Å². The number of aliphatic carboxylic acids is 1. The summed E-state index contributed by atoms with van der Waals surface area (Å²) < 4.78 is 0. The van der Waals surface area contributed by atoms with Crippen LogP contribution in [0.5, 0.6) is 0 Å². The fraction of sp³-hybridized carbons (Fsp3) is 0.429. The van der Waals surface area contributed by atoms with E-state index in [-0.39, 0.29) is 6.03 Å². The van der Waals surface area contributed by atoms with Gasteiger partial charge in [0.05, 0.1) is 0 Å². The van der Waals surface area contributed by atoms with E-state index in [2.05, 4.69) is 5.32 Å². The highest BCUT2D eigenvalue weighted by atomic mass is 16.4. The molecule has 1 heterocycles. The molecular weight excluding hydrogens is 258 g/mol. The lowest BCUT2D eigenvalue weighted by molar-refractivity contribution is -0.138. The van der Waals surface area contributed by atoms with Gasteiger partial charge >= 0.3 is 12.0 Å². The minimum atomic E-state index is -0.975. The summed E-state index contributed by atoms with van der Waals surface area (Å²) in [6, 6.07) is 6.23. The van der Waals surface area contributed by atoms with Gasteiger partial charge in [0, 0.05) is 32.2 Å². The third kappa shape index (κ3) is 2.60. The number of hydrogen-bond acceptors (Lipinski definition) is 3. The van der Waals surface area contributed by atoms with Crippen molar-refractivity contribution in [3.8, 4) is 0 Å². The van der Waals surface area contributed by atoms with E-state index in [0.29, 0.717) is 25.2 Å². The molecule has 2 rings (SSSR count). The Morgan fingerprint density at radius 1 is 1.45 bits per heavy atom. The van der Waals surface area contributed by atoms with Crippen molar-refractivity contribution >= 4 is 17.7 Å². The number of hydrogen-bond donors (Lipinski definition) is 2. The Hall–Kier alpha value is -2.08. The monoisotopic (exact) mass is 277 g/mol. The molecule has 1 atom stereocenters. The summed E-state index contributed by atoms with van der Waals surface area (Å²) in [7, 11) is 3.49. The highest BCUT2D eigenvalue weighted by Gasteiger charge is 2.39. The molecule has 0 spiro atoms.